The Morgan fingerprint density at radius 1 is 1.16 bits per heavy atom. The van der Waals surface area contributed by atoms with E-state index in [0.717, 1.165) is 35.4 Å². The van der Waals surface area contributed by atoms with Crippen molar-refractivity contribution >= 4 is 10.0 Å². The average molecular weight is 458 g/mol. The molecule has 1 atom stereocenters. The van der Waals surface area contributed by atoms with Gasteiger partial charge in [0, 0.05) is 23.7 Å². The van der Waals surface area contributed by atoms with E-state index >= 15 is 0 Å². The Hall–Kier alpha value is -2.56. The number of hydrogen-bond donors (Lipinski definition) is 0. The molecule has 0 spiro atoms. The maximum absolute atomic E-state index is 13.4. The van der Waals surface area contributed by atoms with Gasteiger partial charge >= 0.3 is 0 Å². The molecule has 3 aromatic rings. The Morgan fingerprint density at radius 3 is 2.69 bits per heavy atom. The highest BCUT2D eigenvalue weighted by atomic mass is 32.2. The lowest BCUT2D eigenvalue weighted by Crippen LogP contribution is -2.44. The average Bonchev–Trinajstić information content (AvgIpc) is 3.47. The van der Waals surface area contributed by atoms with Gasteiger partial charge in [0.25, 0.3) is 0 Å². The highest BCUT2D eigenvalue weighted by Crippen LogP contribution is 2.39. The van der Waals surface area contributed by atoms with Gasteiger partial charge in [0.15, 0.2) is 5.82 Å². The van der Waals surface area contributed by atoms with E-state index in [9.17, 15) is 8.42 Å². The van der Waals surface area contributed by atoms with Crippen molar-refractivity contribution in [3.63, 3.8) is 0 Å². The molecular formula is C22H27N5O4S. The Labute approximate surface area is 187 Å². The normalized spacial score (nSPS) is 20.0. The van der Waals surface area contributed by atoms with E-state index in [0.29, 0.717) is 19.0 Å². The summed E-state index contributed by atoms with van der Waals surface area (Å²) in [7, 11) is -3.68. The zero-order valence-electron chi connectivity index (χ0n) is 18.3. The van der Waals surface area contributed by atoms with Crippen LogP contribution < -0.4 is 0 Å². The van der Waals surface area contributed by atoms with Crippen molar-refractivity contribution in [2.24, 2.45) is 0 Å². The number of nitrogens with zero attached hydrogens (tertiary/aromatic N) is 5. The summed E-state index contributed by atoms with van der Waals surface area (Å²) >= 11 is 0. The zero-order valence-corrected chi connectivity index (χ0v) is 19.1. The predicted molar refractivity (Wildman–Crippen MR) is 116 cm³/mol. The predicted octanol–water partition coefficient (Wildman–Crippen LogP) is 2.71. The topological polar surface area (TPSA) is 103 Å². The van der Waals surface area contributed by atoms with Crippen LogP contribution in [0.2, 0.25) is 0 Å². The molecule has 1 aromatic carbocycles. The SMILES string of the molecule is Cc1nn(Cc2ccccc2)c(C)c1C1COCCN1S(=O)(=O)Cc1noc(C2CC2)n1. The number of hydrogen-bond acceptors (Lipinski definition) is 7. The largest absolute Gasteiger partial charge is 0.378 e. The maximum Gasteiger partial charge on any atom is 0.229 e. The van der Waals surface area contributed by atoms with Crippen LogP contribution in [0.15, 0.2) is 34.9 Å². The Bertz CT molecular complexity index is 1200. The molecule has 1 aliphatic carbocycles. The van der Waals surface area contributed by atoms with Crippen LogP contribution in [0.4, 0.5) is 0 Å². The van der Waals surface area contributed by atoms with Crippen LogP contribution in [0.5, 0.6) is 0 Å². The van der Waals surface area contributed by atoms with Gasteiger partial charge in [-0.15, -0.1) is 0 Å². The molecule has 0 radical (unpaired) electrons. The molecule has 2 aromatic heterocycles. The highest BCUT2D eigenvalue weighted by molar-refractivity contribution is 7.88. The number of aromatic nitrogens is 4. The van der Waals surface area contributed by atoms with Crippen molar-refractivity contribution in [2.75, 3.05) is 19.8 Å². The molecule has 170 valence electrons. The van der Waals surface area contributed by atoms with Gasteiger partial charge in [-0.25, -0.2) is 8.42 Å². The lowest BCUT2D eigenvalue weighted by Gasteiger charge is -2.34. The zero-order chi connectivity index (χ0) is 22.3. The summed E-state index contributed by atoms with van der Waals surface area (Å²) in [5, 5.41) is 8.61. The second-order valence-electron chi connectivity index (χ2n) is 8.51. The lowest BCUT2D eigenvalue weighted by atomic mass is 10.0. The second-order valence-corrected chi connectivity index (χ2v) is 10.4. The molecule has 3 heterocycles. The summed E-state index contributed by atoms with van der Waals surface area (Å²) in [6.45, 7) is 5.45. The van der Waals surface area contributed by atoms with Crippen LogP contribution in [-0.4, -0.2) is 52.4 Å². The summed E-state index contributed by atoms with van der Waals surface area (Å²) in [4.78, 5) is 4.30. The quantitative estimate of drug-likeness (QED) is 0.537. The molecule has 0 N–H and O–H groups in total. The monoisotopic (exact) mass is 457 g/mol. The molecule has 9 nitrogen and oxygen atoms in total. The summed E-state index contributed by atoms with van der Waals surface area (Å²) in [6.07, 6.45) is 2.04. The smallest absolute Gasteiger partial charge is 0.229 e. The minimum absolute atomic E-state index is 0.213. The lowest BCUT2D eigenvalue weighted by molar-refractivity contribution is 0.0315. The number of morpholine rings is 1. The second kappa shape index (κ2) is 8.42. The minimum atomic E-state index is -3.68. The minimum Gasteiger partial charge on any atom is -0.378 e. The van der Waals surface area contributed by atoms with E-state index in [1.807, 2.05) is 36.7 Å². The first-order valence-corrected chi connectivity index (χ1v) is 12.5. The summed E-state index contributed by atoms with van der Waals surface area (Å²) < 4.78 is 41.2. The highest BCUT2D eigenvalue weighted by Gasteiger charge is 2.38. The van der Waals surface area contributed by atoms with Crippen LogP contribution in [0.1, 0.15) is 59.0 Å². The molecule has 1 saturated heterocycles. The van der Waals surface area contributed by atoms with Crippen molar-refractivity contribution in [1.29, 1.82) is 0 Å². The van der Waals surface area contributed by atoms with Crippen LogP contribution in [-0.2, 0) is 27.1 Å². The Kier molecular flexibility index (Phi) is 5.60. The van der Waals surface area contributed by atoms with Gasteiger partial charge in [-0.05, 0) is 32.3 Å². The molecule has 1 unspecified atom stereocenters. The number of ether oxygens (including phenoxy) is 1. The van der Waals surface area contributed by atoms with Gasteiger partial charge in [0.2, 0.25) is 15.9 Å². The van der Waals surface area contributed by atoms with Crippen LogP contribution in [0.25, 0.3) is 0 Å². The number of sulfonamides is 1. The van der Waals surface area contributed by atoms with E-state index in [2.05, 4.69) is 22.3 Å². The van der Waals surface area contributed by atoms with Gasteiger partial charge in [-0.2, -0.15) is 14.4 Å². The molecule has 10 heteroatoms. The number of rotatable bonds is 7. The fourth-order valence-electron chi connectivity index (χ4n) is 4.32. The molecule has 1 aliphatic heterocycles. The first-order chi connectivity index (χ1) is 15.4. The molecule has 2 aliphatic rings. The van der Waals surface area contributed by atoms with Crippen molar-refractivity contribution in [3.05, 3.63) is 64.6 Å². The summed E-state index contributed by atoms with van der Waals surface area (Å²) in [5.41, 5.74) is 3.79. The third kappa shape index (κ3) is 4.22. The van der Waals surface area contributed by atoms with Crippen molar-refractivity contribution < 1.29 is 17.7 Å². The standard InChI is InChI=1S/C22H27N5O4S/c1-15-21(16(2)26(24-15)12-17-6-4-3-5-7-17)19-13-30-11-10-27(19)32(28,29)14-20-23-22(31-25-20)18-8-9-18/h3-7,18-19H,8-14H2,1-2H3. The fourth-order valence-corrected chi connectivity index (χ4v) is 5.84. The Balaban J connectivity index is 1.41. The number of aryl methyl sites for hydroxylation is 1. The van der Waals surface area contributed by atoms with Crippen LogP contribution in [0.3, 0.4) is 0 Å². The first-order valence-electron chi connectivity index (χ1n) is 10.9. The number of benzene rings is 1. The molecular weight excluding hydrogens is 430 g/mol. The van der Waals surface area contributed by atoms with Gasteiger partial charge in [-0.1, -0.05) is 35.5 Å². The van der Waals surface area contributed by atoms with E-state index in [4.69, 9.17) is 14.4 Å². The van der Waals surface area contributed by atoms with Crippen LogP contribution >= 0.6 is 0 Å². The van der Waals surface area contributed by atoms with Gasteiger partial charge in [0.05, 0.1) is 31.5 Å². The third-order valence-electron chi connectivity index (χ3n) is 6.10. The van der Waals surface area contributed by atoms with Gasteiger partial charge in [-0.3, -0.25) is 4.68 Å². The van der Waals surface area contributed by atoms with Crippen molar-refractivity contribution in [2.45, 2.75) is 50.9 Å². The third-order valence-corrected chi connectivity index (χ3v) is 7.88. The molecule has 5 rings (SSSR count). The molecule has 0 bridgehead atoms. The van der Waals surface area contributed by atoms with E-state index < -0.39 is 16.1 Å². The van der Waals surface area contributed by atoms with E-state index in [-0.39, 0.29) is 30.6 Å². The van der Waals surface area contributed by atoms with Crippen LogP contribution in [0, 0.1) is 13.8 Å². The molecule has 32 heavy (non-hydrogen) atoms. The first kappa shape index (κ1) is 21.3. The summed E-state index contributed by atoms with van der Waals surface area (Å²) in [6, 6.07) is 9.65. The van der Waals surface area contributed by atoms with Gasteiger partial charge in [0.1, 0.15) is 5.75 Å². The molecule has 1 saturated carbocycles. The van der Waals surface area contributed by atoms with E-state index in [1.54, 1.807) is 0 Å². The van der Waals surface area contributed by atoms with Gasteiger partial charge < -0.3 is 9.26 Å². The maximum atomic E-state index is 13.4. The van der Waals surface area contributed by atoms with Crippen molar-refractivity contribution in [1.82, 2.24) is 24.2 Å². The van der Waals surface area contributed by atoms with E-state index in [1.165, 1.54) is 4.31 Å². The molecule has 0 amide bonds. The Morgan fingerprint density at radius 2 is 1.94 bits per heavy atom. The van der Waals surface area contributed by atoms with Crippen molar-refractivity contribution in [3.8, 4) is 0 Å². The molecule has 2 fully saturated rings. The summed E-state index contributed by atoms with van der Waals surface area (Å²) in [5.74, 6) is 0.763. The fraction of sp³-hybridized carbons (Fsp3) is 0.500.